The Morgan fingerprint density at radius 3 is 2.59 bits per heavy atom. The van der Waals surface area contributed by atoms with E-state index in [1.54, 1.807) is 0 Å². The Morgan fingerprint density at radius 1 is 1.22 bits per heavy atom. The molecule has 1 amide bonds. The second kappa shape index (κ2) is 7.50. The highest BCUT2D eigenvalue weighted by Gasteiger charge is 2.30. The van der Waals surface area contributed by atoms with Gasteiger partial charge in [-0.15, -0.1) is 0 Å². The van der Waals surface area contributed by atoms with Gasteiger partial charge in [0.1, 0.15) is 11.5 Å². The van der Waals surface area contributed by atoms with Crippen molar-refractivity contribution in [3.05, 3.63) is 58.7 Å². The highest BCUT2D eigenvalue weighted by molar-refractivity contribution is 5.78. The van der Waals surface area contributed by atoms with E-state index >= 15 is 0 Å². The summed E-state index contributed by atoms with van der Waals surface area (Å²) >= 11 is 0. The van der Waals surface area contributed by atoms with Crippen molar-refractivity contribution in [3.8, 4) is 11.5 Å². The molecule has 2 aromatic rings. The smallest absolute Gasteiger partial charge is 0.416 e. The molecule has 0 bridgehead atoms. The number of amides is 1. The molecule has 7 heteroatoms. The van der Waals surface area contributed by atoms with E-state index in [0.29, 0.717) is 13.0 Å². The quantitative estimate of drug-likeness (QED) is 0.860. The minimum atomic E-state index is -4.40. The lowest BCUT2D eigenvalue weighted by atomic mass is 9.95. The molecule has 1 aliphatic heterocycles. The van der Waals surface area contributed by atoms with Gasteiger partial charge in [0.15, 0.2) is 6.61 Å². The van der Waals surface area contributed by atoms with Crippen molar-refractivity contribution in [2.75, 3.05) is 13.2 Å². The molecule has 27 heavy (non-hydrogen) atoms. The van der Waals surface area contributed by atoms with Gasteiger partial charge < -0.3 is 14.8 Å². The third-order valence-electron chi connectivity index (χ3n) is 4.36. The Labute approximate surface area is 155 Å². The number of alkyl halides is 3. The summed E-state index contributed by atoms with van der Waals surface area (Å²) in [4.78, 5) is 12.2. The molecule has 4 nitrogen and oxygen atoms in total. The van der Waals surface area contributed by atoms with Crippen LogP contribution in [0.3, 0.4) is 0 Å². The zero-order chi connectivity index (χ0) is 19.6. The normalized spacial score (nSPS) is 16.3. The van der Waals surface area contributed by atoms with Crippen LogP contribution in [0.1, 0.15) is 34.7 Å². The van der Waals surface area contributed by atoms with Gasteiger partial charge in [-0.2, -0.15) is 13.2 Å². The van der Waals surface area contributed by atoms with Crippen molar-refractivity contribution >= 4 is 5.91 Å². The maximum Gasteiger partial charge on any atom is 0.416 e. The van der Waals surface area contributed by atoms with Gasteiger partial charge in [-0.25, -0.2) is 0 Å². The molecule has 1 atom stereocenters. The van der Waals surface area contributed by atoms with Crippen LogP contribution in [0, 0.1) is 13.8 Å². The van der Waals surface area contributed by atoms with E-state index in [0.717, 1.165) is 34.6 Å². The summed E-state index contributed by atoms with van der Waals surface area (Å²) in [7, 11) is 0. The topological polar surface area (TPSA) is 47.6 Å². The average molecular weight is 379 g/mol. The Kier molecular flexibility index (Phi) is 5.30. The summed E-state index contributed by atoms with van der Waals surface area (Å²) in [6.45, 7) is 4.17. The highest BCUT2D eigenvalue weighted by atomic mass is 19.4. The number of benzene rings is 2. The molecular weight excluding hydrogens is 359 g/mol. The van der Waals surface area contributed by atoms with E-state index in [4.69, 9.17) is 9.47 Å². The number of ether oxygens (including phenoxy) is 2. The van der Waals surface area contributed by atoms with Crippen LogP contribution in [-0.2, 0) is 11.0 Å². The lowest BCUT2D eigenvalue weighted by Crippen LogP contribution is -2.35. The summed E-state index contributed by atoms with van der Waals surface area (Å²) < 4.78 is 48.7. The molecule has 144 valence electrons. The Balaban J connectivity index is 1.61. The first-order chi connectivity index (χ1) is 12.7. The molecule has 1 heterocycles. The first-order valence-electron chi connectivity index (χ1n) is 8.57. The van der Waals surface area contributed by atoms with Gasteiger partial charge in [-0.05, 0) is 43.7 Å². The van der Waals surface area contributed by atoms with E-state index in [9.17, 15) is 18.0 Å². The maximum atomic E-state index is 12.6. The van der Waals surface area contributed by atoms with Crippen LogP contribution in [0.5, 0.6) is 11.5 Å². The number of carbonyl (C=O) groups excluding carboxylic acids is 1. The summed E-state index contributed by atoms with van der Waals surface area (Å²) in [5.41, 5.74) is 2.27. The number of nitrogens with one attached hydrogen (secondary N) is 1. The molecule has 0 aliphatic carbocycles. The van der Waals surface area contributed by atoms with Gasteiger partial charge in [0, 0.05) is 12.0 Å². The number of aryl methyl sites for hydroxylation is 2. The average Bonchev–Trinajstić information content (AvgIpc) is 2.60. The Hall–Kier alpha value is -2.70. The van der Waals surface area contributed by atoms with Gasteiger partial charge in [-0.1, -0.05) is 17.7 Å². The summed E-state index contributed by atoms with van der Waals surface area (Å²) in [5.74, 6) is 0.657. The molecule has 2 aromatic carbocycles. The largest absolute Gasteiger partial charge is 0.493 e. The van der Waals surface area contributed by atoms with Crippen LogP contribution in [0.2, 0.25) is 0 Å². The molecule has 0 fully saturated rings. The van der Waals surface area contributed by atoms with Gasteiger partial charge in [0.2, 0.25) is 0 Å². The zero-order valence-corrected chi connectivity index (χ0v) is 15.0. The lowest BCUT2D eigenvalue weighted by Gasteiger charge is -2.28. The Morgan fingerprint density at radius 2 is 1.93 bits per heavy atom. The lowest BCUT2D eigenvalue weighted by molar-refractivity contribution is -0.137. The van der Waals surface area contributed by atoms with E-state index in [1.807, 2.05) is 26.0 Å². The molecule has 0 saturated heterocycles. The molecule has 1 unspecified atom stereocenters. The van der Waals surface area contributed by atoms with Crippen LogP contribution >= 0.6 is 0 Å². The van der Waals surface area contributed by atoms with Crippen LogP contribution < -0.4 is 14.8 Å². The highest BCUT2D eigenvalue weighted by Crippen LogP contribution is 2.35. The SMILES string of the molecule is Cc1cc(C)c2c(c1)C(NC(=O)COc1ccc(C(F)(F)F)cc1)CCO2. The van der Waals surface area contributed by atoms with Crippen LogP contribution in [0.15, 0.2) is 36.4 Å². The Bertz CT molecular complexity index is 832. The summed E-state index contributed by atoms with van der Waals surface area (Å²) in [6, 6.07) is 8.08. The molecule has 3 rings (SSSR count). The standard InChI is InChI=1S/C20H20F3NO3/c1-12-9-13(2)19-16(10-12)17(7-8-26-19)24-18(25)11-27-15-5-3-14(4-6-15)20(21,22)23/h3-6,9-10,17H,7-8,11H2,1-2H3,(H,24,25). The number of carbonyl (C=O) groups is 1. The molecule has 0 radical (unpaired) electrons. The van der Waals surface area contributed by atoms with Crippen molar-refractivity contribution in [1.29, 1.82) is 0 Å². The van der Waals surface area contributed by atoms with Crippen molar-refractivity contribution in [2.45, 2.75) is 32.5 Å². The first kappa shape index (κ1) is 19.1. The molecule has 1 N–H and O–H groups in total. The predicted molar refractivity (Wildman–Crippen MR) is 93.9 cm³/mol. The second-order valence-corrected chi connectivity index (χ2v) is 6.57. The fraction of sp³-hybridized carbons (Fsp3) is 0.350. The van der Waals surface area contributed by atoms with E-state index in [2.05, 4.69) is 5.32 Å². The predicted octanol–water partition coefficient (Wildman–Crippen LogP) is 4.34. The van der Waals surface area contributed by atoms with E-state index < -0.39 is 11.7 Å². The fourth-order valence-electron chi connectivity index (χ4n) is 3.15. The van der Waals surface area contributed by atoms with Crippen LogP contribution in [-0.4, -0.2) is 19.1 Å². The summed E-state index contributed by atoms with van der Waals surface area (Å²) in [6.07, 6.45) is -3.76. The van der Waals surface area contributed by atoms with Crippen LogP contribution in [0.25, 0.3) is 0 Å². The van der Waals surface area contributed by atoms with Crippen molar-refractivity contribution in [1.82, 2.24) is 5.32 Å². The number of rotatable bonds is 4. The summed E-state index contributed by atoms with van der Waals surface area (Å²) in [5, 5.41) is 2.91. The molecule has 0 saturated carbocycles. The molecule has 0 spiro atoms. The maximum absolute atomic E-state index is 12.6. The number of halogens is 3. The molecule has 0 aromatic heterocycles. The van der Waals surface area contributed by atoms with Gasteiger partial charge in [0.05, 0.1) is 18.2 Å². The minimum absolute atomic E-state index is 0.184. The van der Waals surface area contributed by atoms with Crippen molar-refractivity contribution < 1.29 is 27.4 Å². The van der Waals surface area contributed by atoms with E-state index in [-0.39, 0.29) is 24.3 Å². The van der Waals surface area contributed by atoms with Gasteiger partial charge in [0.25, 0.3) is 5.91 Å². The number of hydrogen-bond acceptors (Lipinski definition) is 3. The zero-order valence-electron chi connectivity index (χ0n) is 15.0. The molecular formula is C20H20F3NO3. The van der Waals surface area contributed by atoms with Gasteiger partial charge >= 0.3 is 6.18 Å². The van der Waals surface area contributed by atoms with Crippen molar-refractivity contribution in [3.63, 3.8) is 0 Å². The second-order valence-electron chi connectivity index (χ2n) is 6.57. The third kappa shape index (κ3) is 4.53. The van der Waals surface area contributed by atoms with Crippen LogP contribution in [0.4, 0.5) is 13.2 Å². The number of fused-ring (bicyclic) bond motifs is 1. The molecule has 1 aliphatic rings. The van der Waals surface area contributed by atoms with E-state index in [1.165, 1.54) is 12.1 Å². The first-order valence-corrected chi connectivity index (χ1v) is 8.57. The third-order valence-corrected chi connectivity index (χ3v) is 4.36. The fourth-order valence-corrected chi connectivity index (χ4v) is 3.15. The number of hydrogen-bond donors (Lipinski definition) is 1. The minimum Gasteiger partial charge on any atom is -0.493 e. The van der Waals surface area contributed by atoms with Crippen molar-refractivity contribution in [2.24, 2.45) is 0 Å². The van der Waals surface area contributed by atoms with Gasteiger partial charge in [-0.3, -0.25) is 4.79 Å². The monoisotopic (exact) mass is 379 g/mol.